The second kappa shape index (κ2) is 6.61. The maximum atomic E-state index is 13.1. The average molecular weight is 341 g/mol. The third kappa shape index (κ3) is 3.26. The number of sulfonamides is 1. The van der Waals surface area contributed by atoms with Gasteiger partial charge in [0.15, 0.2) is 5.78 Å². The van der Waals surface area contributed by atoms with Crippen LogP contribution < -0.4 is 0 Å². The number of benzene rings is 2. The van der Waals surface area contributed by atoms with Crippen LogP contribution in [-0.4, -0.2) is 18.5 Å². The van der Waals surface area contributed by atoms with E-state index in [1.165, 1.54) is 4.31 Å². The van der Waals surface area contributed by atoms with E-state index in [9.17, 15) is 13.2 Å². The van der Waals surface area contributed by atoms with Crippen molar-refractivity contribution in [2.75, 3.05) is 0 Å². The van der Waals surface area contributed by atoms with E-state index >= 15 is 0 Å². The van der Waals surface area contributed by atoms with Gasteiger partial charge in [-0.3, -0.25) is 9.10 Å². The Hall–Kier alpha value is -2.40. The third-order valence-corrected chi connectivity index (χ3v) is 5.82. The number of hydrogen-bond acceptors (Lipinski definition) is 3. The fourth-order valence-electron chi connectivity index (χ4n) is 2.71. The van der Waals surface area contributed by atoms with Crippen molar-refractivity contribution in [2.45, 2.75) is 31.2 Å². The number of carbonyl (C=O) groups excluding carboxylic acids is 1. The third-order valence-electron chi connectivity index (χ3n) is 4.04. The molecule has 1 aliphatic rings. The minimum absolute atomic E-state index is 0.124. The molecule has 4 nitrogen and oxygen atoms in total. The number of carbonyl (C=O) groups is 1. The molecule has 0 aromatic heterocycles. The van der Waals surface area contributed by atoms with Gasteiger partial charge in [0.25, 0.3) is 10.0 Å². The van der Waals surface area contributed by atoms with Crippen LogP contribution in [0.1, 0.15) is 24.0 Å². The predicted octanol–water partition coefficient (Wildman–Crippen LogP) is 3.43. The van der Waals surface area contributed by atoms with Gasteiger partial charge in [0, 0.05) is 6.42 Å². The molecule has 0 spiro atoms. The highest BCUT2D eigenvalue weighted by atomic mass is 32.2. The largest absolute Gasteiger partial charge is 0.293 e. The Morgan fingerprint density at radius 1 is 1.00 bits per heavy atom. The molecule has 3 rings (SSSR count). The normalized spacial score (nSPS) is 14.5. The van der Waals surface area contributed by atoms with Gasteiger partial charge in [-0.2, -0.15) is 0 Å². The van der Waals surface area contributed by atoms with Crippen molar-refractivity contribution >= 4 is 15.8 Å². The van der Waals surface area contributed by atoms with E-state index in [4.69, 9.17) is 0 Å². The zero-order chi connectivity index (χ0) is 17.2. The van der Waals surface area contributed by atoms with Crippen molar-refractivity contribution in [2.24, 2.45) is 0 Å². The van der Waals surface area contributed by atoms with Crippen molar-refractivity contribution in [1.29, 1.82) is 0 Å². The lowest BCUT2D eigenvalue weighted by atomic mass is 10.2. The molecule has 0 unspecified atom stereocenters. The fraction of sp³-hybridized carbons (Fsp3) is 0.211. The number of Topliss-reactive ketones (excluding diaryl/α,β-unsaturated/α-hetero) is 1. The maximum absolute atomic E-state index is 13.1. The van der Waals surface area contributed by atoms with Gasteiger partial charge >= 0.3 is 0 Å². The van der Waals surface area contributed by atoms with Crippen LogP contribution >= 0.6 is 0 Å². The summed E-state index contributed by atoms with van der Waals surface area (Å²) in [4.78, 5) is 12.4. The van der Waals surface area contributed by atoms with Crippen LogP contribution in [0.15, 0.2) is 71.3 Å². The van der Waals surface area contributed by atoms with Gasteiger partial charge in [0.05, 0.1) is 17.1 Å². The van der Waals surface area contributed by atoms with Crippen LogP contribution in [0.25, 0.3) is 0 Å². The van der Waals surface area contributed by atoms with Crippen molar-refractivity contribution in [3.8, 4) is 0 Å². The summed E-state index contributed by atoms with van der Waals surface area (Å²) in [5.74, 6) is -0.124. The van der Waals surface area contributed by atoms with Crippen LogP contribution in [-0.2, 0) is 21.4 Å². The molecular weight excluding hydrogens is 322 g/mol. The van der Waals surface area contributed by atoms with Crippen LogP contribution in [0, 0.1) is 6.92 Å². The van der Waals surface area contributed by atoms with Gasteiger partial charge in [-0.15, -0.1) is 0 Å². The number of hydrogen-bond donors (Lipinski definition) is 0. The molecule has 0 radical (unpaired) electrons. The molecule has 0 bridgehead atoms. The summed E-state index contributed by atoms with van der Waals surface area (Å²) in [6, 6.07) is 16.0. The summed E-state index contributed by atoms with van der Waals surface area (Å²) in [6.07, 6.45) is 2.67. The summed E-state index contributed by atoms with van der Waals surface area (Å²) in [5.41, 5.74) is 2.10. The Morgan fingerprint density at radius 3 is 2.25 bits per heavy atom. The van der Waals surface area contributed by atoms with E-state index in [-0.39, 0.29) is 22.9 Å². The molecule has 1 aliphatic carbocycles. The zero-order valence-electron chi connectivity index (χ0n) is 13.5. The number of ketones is 1. The van der Waals surface area contributed by atoms with E-state index in [0.29, 0.717) is 12.8 Å². The van der Waals surface area contributed by atoms with Crippen molar-refractivity contribution in [3.63, 3.8) is 0 Å². The van der Waals surface area contributed by atoms with Crippen molar-refractivity contribution < 1.29 is 13.2 Å². The Morgan fingerprint density at radius 2 is 1.67 bits per heavy atom. The second-order valence-corrected chi connectivity index (χ2v) is 7.72. The Labute approximate surface area is 142 Å². The Bertz CT molecular complexity index is 869. The molecule has 0 aliphatic heterocycles. The van der Waals surface area contributed by atoms with E-state index in [1.807, 2.05) is 37.3 Å². The first-order valence-electron chi connectivity index (χ1n) is 7.85. The summed E-state index contributed by atoms with van der Waals surface area (Å²) in [6.45, 7) is 2.05. The van der Waals surface area contributed by atoms with E-state index in [2.05, 4.69) is 0 Å². The molecule has 0 N–H and O–H groups in total. The van der Waals surface area contributed by atoms with Gasteiger partial charge in [0.1, 0.15) is 0 Å². The first-order chi connectivity index (χ1) is 11.5. The maximum Gasteiger partial charge on any atom is 0.264 e. The van der Waals surface area contributed by atoms with Crippen LogP contribution in [0.5, 0.6) is 0 Å². The van der Waals surface area contributed by atoms with Gasteiger partial charge < -0.3 is 0 Å². The lowest BCUT2D eigenvalue weighted by molar-refractivity contribution is -0.115. The van der Waals surface area contributed by atoms with Gasteiger partial charge in [0.2, 0.25) is 0 Å². The first-order valence-corrected chi connectivity index (χ1v) is 9.29. The second-order valence-electron chi connectivity index (χ2n) is 5.86. The molecule has 0 heterocycles. The highest BCUT2D eigenvalue weighted by Crippen LogP contribution is 2.28. The molecule has 24 heavy (non-hydrogen) atoms. The summed E-state index contributed by atoms with van der Waals surface area (Å²) in [7, 11) is -3.79. The fourth-order valence-corrected chi connectivity index (χ4v) is 4.20. The van der Waals surface area contributed by atoms with Crippen LogP contribution in [0.2, 0.25) is 0 Å². The van der Waals surface area contributed by atoms with E-state index in [0.717, 1.165) is 11.1 Å². The van der Waals surface area contributed by atoms with E-state index in [1.54, 1.807) is 30.3 Å². The number of allylic oxidation sites excluding steroid dienone is 2. The number of rotatable bonds is 5. The highest BCUT2D eigenvalue weighted by Gasteiger charge is 2.31. The molecule has 0 saturated carbocycles. The molecule has 5 heteroatoms. The average Bonchev–Trinajstić information content (AvgIpc) is 2.99. The first kappa shape index (κ1) is 16.5. The molecule has 0 atom stereocenters. The number of aryl methyl sites for hydroxylation is 1. The molecular formula is C19H19NO3S. The highest BCUT2D eigenvalue weighted by molar-refractivity contribution is 7.89. The van der Waals surface area contributed by atoms with Crippen molar-refractivity contribution in [1.82, 2.24) is 4.31 Å². The topological polar surface area (TPSA) is 54.5 Å². The SMILES string of the molecule is Cc1ccc(S(=O)(=O)N(Cc2ccccc2)C2=CCCC2=O)cc1. The molecule has 2 aromatic rings. The summed E-state index contributed by atoms with van der Waals surface area (Å²) >= 11 is 0. The Kier molecular flexibility index (Phi) is 4.53. The summed E-state index contributed by atoms with van der Waals surface area (Å²) < 4.78 is 27.5. The Balaban J connectivity index is 2.03. The molecule has 124 valence electrons. The lowest BCUT2D eigenvalue weighted by Crippen LogP contribution is -2.32. The van der Waals surface area contributed by atoms with E-state index < -0.39 is 10.0 Å². The van der Waals surface area contributed by atoms with Gasteiger partial charge in [-0.25, -0.2) is 8.42 Å². The minimum Gasteiger partial charge on any atom is -0.293 e. The molecule has 0 amide bonds. The monoisotopic (exact) mass is 341 g/mol. The summed E-state index contributed by atoms with van der Waals surface area (Å²) in [5, 5.41) is 0. The quantitative estimate of drug-likeness (QED) is 0.837. The zero-order valence-corrected chi connectivity index (χ0v) is 14.3. The smallest absolute Gasteiger partial charge is 0.264 e. The van der Waals surface area contributed by atoms with Crippen LogP contribution in [0.3, 0.4) is 0 Å². The number of nitrogens with zero attached hydrogens (tertiary/aromatic N) is 1. The predicted molar refractivity (Wildman–Crippen MR) is 92.7 cm³/mol. The lowest BCUT2D eigenvalue weighted by Gasteiger charge is -2.25. The van der Waals surface area contributed by atoms with Crippen LogP contribution in [0.4, 0.5) is 0 Å². The minimum atomic E-state index is -3.79. The molecule has 2 aromatic carbocycles. The molecule has 0 fully saturated rings. The molecule has 0 saturated heterocycles. The van der Waals surface area contributed by atoms with Crippen molar-refractivity contribution in [3.05, 3.63) is 77.5 Å². The van der Waals surface area contributed by atoms with Gasteiger partial charge in [-0.05, 0) is 31.0 Å². The standard InChI is InChI=1S/C19H19NO3S/c1-15-10-12-17(13-11-15)24(22,23)20(18-8-5-9-19(18)21)14-16-6-3-2-4-7-16/h2-4,6-8,10-13H,5,9,14H2,1H3. The van der Waals surface area contributed by atoms with Gasteiger partial charge in [-0.1, -0.05) is 54.1 Å².